The number of halogens is 2. The molecule has 5 atom stereocenters. The van der Waals surface area contributed by atoms with E-state index < -0.39 is 17.7 Å². The molecular weight excluding hydrogens is 571 g/mol. The van der Waals surface area contributed by atoms with Gasteiger partial charge in [-0.05, 0) is 57.7 Å². The molecule has 0 aromatic heterocycles. The van der Waals surface area contributed by atoms with Gasteiger partial charge in [-0.15, -0.1) is 0 Å². The molecule has 2 saturated heterocycles. The quantitative estimate of drug-likeness (QED) is 0.499. The van der Waals surface area contributed by atoms with Gasteiger partial charge in [-0.25, -0.2) is 4.79 Å². The highest BCUT2D eigenvalue weighted by atomic mass is 35.5. The Labute approximate surface area is 251 Å². The van der Waals surface area contributed by atoms with Crippen molar-refractivity contribution in [1.82, 2.24) is 20.0 Å². The molecular formula is C29H40Cl2N4O6. The van der Waals surface area contributed by atoms with E-state index in [0.29, 0.717) is 49.1 Å². The lowest BCUT2D eigenvalue weighted by Gasteiger charge is -2.41. The molecule has 4 rings (SSSR count). The van der Waals surface area contributed by atoms with Crippen molar-refractivity contribution in [3.05, 3.63) is 33.8 Å². The normalized spacial score (nSPS) is 24.8. The van der Waals surface area contributed by atoms with Crippen molar-refractivity contribution in [3.63, 3.8) is 0 Å². The fourth-order valence-corrected chi connectivity index (χ4v) is 6.31. The highest BCUT2D eigenvalue weighted by Gasteiger charge is 2.48. The van der Waals surface area contributed by atoms with Crippen LogP contribution in [0.25, 0.3) is 0 Å². The molecule has 3 fully saturated rings. The molecule has 3 aliphatic rings. The number of benzene rings is 1. The van der Waals surface area contributed by atoms with E-state index in [4.69, 9.17) is 32.7 Å². The molecule has 5 unspecified atom stereocenters. The third-order valence-electron chi connectivity index (χ3n) is 8.05. The zero-order chi connectivity index (χ0) is 30.1. The molecule has 41 heavy (non-hydrogen) atoms. The Morgan fingerprint density at radius 2 is 1.78 bits per heavy atom. The summed E-state index contributed by atoms with van der Waals surface area (Å²) in [4.78, 5) is 56.3. The predicted octanol–water partition coefficient (Wildman–Crippen LogP) is 4.03. The Balaban J connectivity index is 1.33. The second-order valence-corrected chi connectivity index (χ2v) is 12.9. The minimum absolute atomic E-state index is 0.00478. The Morgan fingerprint density at radius 3 is 2.37 bits per heavy atom. The van der Waals surface area contributed by atoms with E-state index in [9.17, 15) is 19.2 Å². The van der Waals surface area contributed by atoms with Crippen LogP contribution in [-0.4, -0.2) is 95.1 Å². The lowest BCUT2D eigenvalue weighted by molar-refractivity contribution is -0.149. The Kier molecular flexibility index (Phi) is 9.76. The van der Waals surface area contributed by atoms with Crippen LogP contribution in [0.15, 0.2) is 18.2 Å². The van der Waals surface area contributed by atoms with Crippen molar-refractivity contribution in [2.24, 2.45) is 5.92 Å². The van der Waals surface area contributed by atoms with Gasteiger partial charge in [0.15, 0.2) is 0 Å². The topological polar surface area (TPSA) is 108 Å². The summed E-state index contributed by atoms with van der Waals surface area (Å²) in [5.74, 6) is -0.205. The number of hydrogen-bond acceptors (Lipinski definition) is 6. The minimum atomic E-state index is -0.655. The van der Waals surface area contributed by atoms with E-state index >= 15 is 0 Å². The number of rotatable bonds is 7. The average Bonchev–Trinajstić information content (AvgIpc) is 3.51. The van der Waals surface area contributed by atoms with Gasteiger partial charge < -0.3 is 29.5 Å². The molecule has 1 saturated carbocycles. The predicted molar refractivity (Wildman–Crippen MR) is 155 cm³/mol. The van der Waals surface area contributed by atoms with Crippen molar-refractivity contribution < 1.29 is 28.7 Å². The van der Waals surface area contributed by atoms with Crippen LogP contribution >= 0.6 is 23.2 Å². The molecule has 12 heteroatoms. The van der Waals surface area contributed by atoms with Crippen molar-refractivity contribution in [1.29, 1.82) is 0 Å². The van der Waals surface area contributed by atoms with Crippen LogP contribution in [0.3, 0.4) is 0 Å². The van der Waals surface area contributed by atoms with Gasteiger partial charge in [0.2, 0.25) is 17.7 Å². The first-order valence-corrected chi connectivity index (χ1v) is 14.9. The zero-order valence-electron chi connectivity index (χ0n) is 24.3. The van der Waals surface area contributed by atoms with Crippen molar-refractivity contribution in [2.75, 3.05) is 32.8 Å². The molecule has 1 aromatic carbocycles. The molecule has 2 aliphatic heterocycles. The summed E-state index contributed by atoms with van der Waals surface area (Å²) < 4.78 is 11.5. The number of nitrogens with one attached hydrogen (secondary N) is 1. The minimum Gasteiger partial charge on any atom is -0.444 e. The lowest BCUT2D eigenvalue weighted by Crippen LogP contribution is -2.53. The molecule has 1 N–H and O–H groups in total. The molecule has 1 aliphatic carbocycles. The number of hydrogen-bond donors (Lipinski definition) is 1. The van der Waals surface area contributed by atoms with Crippen LogP contribution in [0, 0.1) is 5.92 Å². The van der Waals surface area contributed by atoms with Gasteiger partial charge in [0, 0.05) is 45.1 Å². The molecule has 0 spiro atoms. The molecule has 2 heterocycles. The molecule has 1 aromatic rings. The van der Waals surface area contributed by atoms with Gasteiger partial charge >= 0.3 is 6.09 Å². The lowest BCUT2D eigenvalue weighted by atomic mass is 10.0. The van der Waals surface area contributed by atoms with Crippen LogP contribution < -0.4 is 5.32 Å². The molecule has 0 radical (unpaired) electrons. The number of amides is 4. The van der Waals surface area contributed by atoms with Crippen LogP contribution in [0.4, 0.5) is 4.79 Å². The van der Waals surface area contributed by atoms with Crippen LogP contribution in [0.2, 0.25) is 10.0 Å². The van der Waals surface area contributed by atoms with Gasteiger partial charge in [-0.2, -0.15) is 0 Å². The average molecular weight is 612 g/mol. The second kappa shape index (κ2) is 12.8. The van der Waals surface area contributed by atoms with Crippen LogP contribution in [0.5, 0.6) is 0 Å². The summed E-state index contributed by atoms with van der Waals surface area (Å²) in [5, 5.41) is 3.52. The largest absolute Gasteiger partial charge is 0.444 e. The Morgan fingerprint density at radius 1 is 1.05 bits per heavy atom. The molecule has 4 amide bonds. The number of piperidine rings is 1. The SMILES string of the molecule is CCC(NC(=O)OC(C)(C)C)C(=O)N1CC2CC1CC2OCC(=O)N1CCN(C(C)=O)CC1c1ccc(Cl)c(Cl)c1. The number of carbonyl (C=O) groups excluding carboxylic acids is 4. The van der Waals surface area contributed by atoms with E-state index in [1.165, 1.54) is 6.92 Å². The standard InChI is InChI=1S/C29H40Cl2N4O6/c1-6-23(32-28(39)41-29(3,4)5)27(38)35-14-19-11-20(35)13-25(19)40-16-26(37)34-10-9-33(17(2)36)15-24(34)18-7-8-21(30)22(31)12-18/h7-8,12,19-20,23-25H,6,9-11,13-16H2,1-5H3,(H,32,39). The third-order valence-corrected chi connectivity index (χ3v) is 8.79. The van der Waals surface area contributed by atoms with Crippen molar-refractivity contribution in [3.8, 4) is 0 Å². The van der Waals surface area contributed by atoms with Gasteiger partial charge in [-0.3, -0.25) is 14.4 Å². The zero-order valence-corrected chi connectivity index (χ0v) is 25.8. The first kappa shape index (κ1) is 31.4. The van der Waals surface area contributed by atoms with Gasteiger partial charge in [0.05, 0.1) is 22.2 Å². The van der Waals surface area contributed by atoms with Gasteiger partial charge in [-0.1, -0.05) is 36.2 Å². The van der Waals surface area contributed by atoms with E-state index in [-0.39, 0.29) is 48.4 Å². The smallest absolute Gasteiger partial charge is 0.408 e. The Hall–Kier alpha value is -2.56. The van der Waals surface area contributed by atoms with E-state index in [0.717, 1.165) is 12.0 Å². The van der Waals surface area contributed by atoms with Crippen LogP contribution in [0.1, 0.15) is 65.5 Å². The number of fused-ring (bicyclic) bond motifs is 2. The first-order valence-electron chi connectivity index (χ1n) is 14.2. The fourth-order valence-electron chi connectivity index (χ4n) is 6.00. The number of nitrogens with zero attached hydrogens (tertiary/aromatic N) is 3. The number of likely N-dealkylation sites (tertiary alicyclic amines) is 1. The number of carbonyl (C=O) groups is 4. The van der Waals surface area contributed by atoms with Gasteiger partial charge in [0.1, 0.15) is 18.2 Å². The third kappa shape index (κ3) is 7.45. The molecule has 10 nitrogen and oxygen atoms in total. The van der Waals surface area contributed by atoms with E-state index in [1.54, 1.807) is 42.7 Å². The summed E-state index contributed by atoms with van der Waals surface area (Å²) >= 11 is 12.4. The highest BCUT2D eigenvalue weighted by molar-refractivity contribution is 6.42. The van der Waals surface area contributed by atoms with E-state index in [1.807, 2.05) is 17.9 Å². The number of ether oxygens (including phenoxy) is 2. The Bertz CT molecular complexity index is 1170. The van der Waals surface area contributed by atoms with Crippen molar-refractivity contribution >= 4 is 47.0 Å². The summed E-state index contributed by atoms with van der Waals surface area (Å²) in [7, 11) is 0. The number of alkyl carbamates (subject to hydrolysis) is 1. The highest BCUT2D eigenvalue weighted by Crippen LogP contribution is 2.40. The molecule has 226 valence electrons. The summed E-state index contributed by atoms with van der Waals surface area (Å²) in [6.45, 7) is 10.3. The van der Waals surface area contributed by atoms with Crippen LogP contribution in [-0.2, 0) is 23.9 Å². The summed E-state index contributed by atoms with van der Waals surface area (Å²) in [6.07, 6.45) is 1.16. The maximum absolute atomic E-state index is 13.4. The summed E-state index contributed by atoms with van der Waals surface area (Å²) in [6, 6.07) is 4.24. The molecule has 2 bridgehead atoms. The van der Waals surface area contributed by atoms with Crippen molar-refractivity contribution in [2.45, 2.75) is 83.7 Å². The maximum atomic E-state index is 13.4. The second-order valence-electron chi connectivity index (χ2n) is 12.1. The first-order chi connectivity index (χ1) is 19.3. The fraction of sp³-hybridized carbons (Fsp3) is 0.655. The number of piperazine rings is 1. The summed E-state index contributed by atoms with van der Waals surface area (Å²) in [5.41, 5.74) is 0.154. The van der Waals surface area contributed by atoms with E-state index in [2.05, 4.69) is 5.32 Å². The van der Waals surface area contributed by atoms with Gasteiger partial charge in [0.25, 0.3) is 0 Å². The maximum Gasteiger partial charge on any atom is 0.408 e. The monoisotopic (exact) mass is 610 g/mol.